The van der Waals surface area contributed by atoms with Crippen molar-refractivity contribution >= 4 is 34.8 Å². The minimum atomic E-state index is -4.63. The van der Waals surface area contributed by atoms with Gasteiger partial charge in [-0.3, -0.25) is 14.9 Å². The number of hydrogen-bond acceptors (Lipinski definition) is 4. The number of hydrogen-bond donors (Lipinski definition) is 0. The van der Waals surface area contributed by atoms with E-state index < -0.39 is 49.5 Å². The Labute approximate surface area is 115 Å². The lowest BCUT2D eigenvalue weighted by Gasteiger charge is -2.13. The predicted molar refractivity (Wildman–Crippen MR) is 64.3 cm³/mol. The molecule has 0 N–H and O–H groups in total. The summed E-state index contributed by atoms with van der Waals surface area (Å²) >= 11 is 5.15. The summed E-state index contributed by atoms with van der Waals surface area (Å²) in [5.74, 6) is -0.667. The summed E-state index contributed by atoms with van der Waals surface area (Å²) in [6.07, 6.45) is 0. The number of carbonyl (C=O) groups excluding carboxylic acids is 1. The average Bonchev–Trinajstić information content (AvgIpc) is 2.25. The van der Waals surface area contributed by atoms with Crippen LogP contribution >= 0.6 is 23.4 Å². The van der Waals surface area contributed by atoms with Gasteiger partial charge in [-0.05, 0) is 24.8 Å². The maximum atomic E-state index is 12.4. The van der Waals surface area contributed by atoms with E-state index in [-0.39, 0.29) is 0 Å². The zero-order valence-corrected chi connectivity index (χ0v) is 11.0. The Hall–Kier alpha value is -1.28. The molecular weight excluding hydrogens is 307 g/mol. The summed E-state index contributed by atoms with van der Waals surface area (Å²) < 4.78 is 37.2. The van der Waals surface area contributed by atoms with Gasteiger partial charge in [-0.25, -0.2) is 0 Å². The Kier molecular flexibility index (Phi) is 4.81. The third kappa shape index (κ3) is 4.10. The highest BCUT2D eigenvalue weighted by Gasteiger charge is 2.35. The lowest BCUT2D eigenvalue weighted by molar-refractivity contribution is -0.385. The van der Waals surface area contributed by atoms with Crippen molar-refractivity contribution in [3.8, 4) is 0 Å². The molecule has 1 atom stereocenters. The second-order valence-electron chi connectivity index (χ2n) is 3.47. The van der Waals surface area contributed by atoms with Crippen molar-refractivity contribution in [1.29, 1.82) is 0 Å². The molecule has 0 aromatic heterocycles. The van der Waals surface area contributed by atoms with E-state index in [0.29, 0.717) is 0 Å². The number of halogens is 4. The monoisotopic (exact) mass is 313 g/mol. The van der Waals surface area contributed by atoms with Crippen LogP contribution in [0.15, 0.2) is 23.1 Å². The van der Waals surface area contributed by atoms with Gasteiger partial charge in [-0.2, -0.15) is 13.2 Å². The lowest BCUT2D eigenvalue weighted by Crippen LogP contribution is -2.09. The quantitative estimate of drug-likeness (QED) is 0.364. The summed E-state index contributed by atoms with van der Waals surface area (Å²) in [5.41, 5.74) is -5.66. The standard InChI is InChI=1S/C10H7ClF3NO3S/c1-5(16)9(11)8-6(15(17)18)3-2-4-7(8)19-10(12,13)14/h2-4,9H,1H3. The van der Waals surface area contributed by atoms with Crippen molar-refractivity contribution in [1.82, 2.24) is 0 Å². The molecule has 0 saturated carbocycles. The number of carbonyl (C=O) groups is 1. The second-order valence-corrected chi connectivity index (χ2v) is 5.01. The first kappa shape index (κ1) is 15.8. The second kappa shape index (κ2) is 5.79. The Balaban J connectivity index is 3.42. The van der Waals surface area contributed by atoms with Crippen LogP contribution in [0, 0.1) is 10.1 Å². The van der Waals surface area contributed by atoms with Gasteiger partial charge in [0.05, 0.1) is 10.5 Å². The zero-order valence-electron chi connectivity index (χ0n) is 9.40. The minimum absolute atomic E-state index is 0.427. The smallest absolute Gasteiger partial charge is 0.298 e. The molecule has 1 aromatic carbocycles. The topological polar surface area (TPSA) is 60.2 Å². The fraction of sp³-hybridized carbons (Fsp3) is 0.300. The molecule has 0 fully saturated rings. The summed E-state index contributed by atoms with van der Waals surface area (Å²) in [7, 11) is 0. The molecule has 1 unspecified atom stereocenters. The van der Waals surface area contributed by atoms with E-state index in [0.717, 1.165) is 25.1 Å². The van der Waals surface area contributed by atoms with E-state index in [1.165, 1.54) is 0 Å². The van der Waals surface area contributed by atoms with Gasteiger partial charge in [-0.1, -0.05) is 6.07 Å². The first-order valence-corrected chi connectivity index (χ1v) is 6.06. The van der Waals surface area contributed by atoms with Crippen molar-refractivity contribution in [2.75, 3.05) is 0 Å². The highest BCUT2D eigenvalue weighted by atomic mass is 35.5. The van der Waals surface area contributed by atoms with Crippen molar-refractivity contribution in [2.24, 2.45) is 0 Å². The summed E-state index contributed by atoms with van der Waals surface area (Å²) in [4.78, 5) is 20.7. The molecule has 0 saturated heterocycles. The van der Waals surface area contributed by atoms with Gasteiger partial charge >= 0.3 is 5.51 Å². The number of nitro benzene ring substituents is 1. The molecule has 0 aliphatic rings. The average molecular weight is 314 g/mol. The minimum Gasteiger partial charge on any atom is -0.298 e. The van der Waals surface area contributed by atoms with Crippen LogP contribution in [0.1, 0.15) is 17.9 Å². The van der Waals surface area contributed by atoms with Crippen molar-refractivity contribution in [3.63, 3.8) is 0 Å². The van der Waals surface area contributed by atoms with Gasteiger partial charge < -0.3 is 0 Å². The highest BCUT2D eigenvalue weighted by molar-refractivity contribution is 8.00. The van der Waals surface area contributed by atoms with E-state index in [1.807, 2.05) is 0 Å². The number of ketones is 1. The molecule has 0 heterocycles. The number of nitro groups is 1. The first-order chi connectivity index (χ1) is 8.63. The molecule has 0 amide bonds. The molecule has 0 spiro atoms. The van der Waals surface area contributed by atoms with E-state index in [1.54, 1.807) is 0 Å². The molecule has 0 radical (unpaired) electrons. The molecule has 1 rings (SSSR count). The van der Waals surface area contributed by atoms with Crippen molar-refractivity contribution in [3.05, 3.63) is 33.9 Å². The summed E-state index contributed by atoms with van der Waals surface area (Å²) in [6, 6.07) is 3.16. The largest absolute Gasteiger partial charge is 0.446 e. The molecule has 0 aliphatic heterocycles. The van der Waals surface area contributed by atoms with Gasteiger partial charge in [0.15, 0.2) is 5.78 Å². The first-order valence-electron chi connectivity index (χ1n) is 4.81. The number of thioether (sulfide) groups is 1. The third-order valence-corrected chi connectivity index (χ3v) is 3.41. The van der Waals surface area contributed by atoms with Gasteiger partial charge in [-0.15, -0.1) is 11.6 Å². The Morgan fingerprint density at radius 3 is 2.47 bits per heavy atom. The molecule has 19 heavy (non-hydrogen) atoms. The van der Waals surface area contributed by atoms with Crippen LogP contribution in [0.2, 0.25) is 0 Å². The van der Waals surface area contributed by atoms with Crippen LogP contribution in [-0.2, 0) is 4.79 Å². The van der Waals surface area contributed by atoms with Crippen LogP contribution in [0.4, 0.5) is 18.9 Å². The molecule has 4 nitrogen and oxygen atoms in total. The van der Waals surface area contributed by atoms with Gasteiger partial charge in [0.2, 0.25) is 0 Å². The highest BCUT2D eigenvalue weighted by Crippen LogP contribution is 2.44. The number of alkyl halides is 4. The van der Waals surface area contributed by atoms with Crippen LogP contribution in [0.3, 0.4) is 0 Å². The summed E-state index contributed by atoms with van der Waals surface area (Å²) in [5, 5.41) is 9.32. The number of benzene rings is 1. The van der Waals surface area contributed by atoms with Gasteiger partial charge in [0.25, 0.3) is 5.69 Å². The van der Waals surface area contributed by atoms with Crippen LogP contribution in [0.5, 0.6) is 0 Å². The number of Topliss-reactive ketones (excluding diaryl/α,β-unsaturated/α-hetero) is 1. The number of nitrogens with zero attached hydrogens (tertiary/aromatic N) is 1. The Bertz CT molecular complexity index is 521. The fourth-order valence-electron chi connectivity index (χ4n) is 1.36. The van der Waals surface area contributed by atoms with Crippen LogP contribution < -0.4 is 0 Å². The van der Waals surface area contributed by atoms with E-state index in [9.17, 15) is 28.1 Å². The molecular formula is C10H7ClF3NO3S. The van der Waals surface area contributed by atoms with E-state index in [2.05, 4.69) is 0 Å². The molecule has 1 aromatic rings. The predicted octanol–water partition coefficient (Wildman–Crippen LogP) is 4.08. The van der Waals surface area contributed by atoms with E-state index in [4.69, 9.17) is 11.6 Å². The van der Waals surface area contributed by atoms with Crippen LogP contribution in [0.25, 0.3) is 0 Å². The van der Waals surface area contributed by atoms with Crippen LogP contribution in [-0.4, -0.2) is 16.2 Å². The number of rotatable bonds is 4. The molecule has 0 bridgehead atoms. The van der Waals surface area contributed by atoms with Crippen molar-refractivity contribution in [2.45, 2.75) is 22.7 Å². The van der Waals surface area contributed by atoms with Gasteiger partial charge in [0, 0.05) is 11.0 Å². The van der Waals surface area contributed by atoms with Gasteiger partial charge in [0.1, 0.15) is 5.38 Å². The fourth-order valence-corrected chi connectivity index (χ4v) is 2.39. The maximum absolute atomic E-state index is 12.4. The Morgan fingerprint density at radius 1 is 1.47 bits per heavy atom. The lowest BCUT2D eigenvalue weighted by atomic mass is 10.1. The zero-order chi connectivity index (χ0) is 14.8. The Morgan fingerprint density at radius 2 is 2.05 bits per heavy atom. The molecule has 0 aliphatic carbocycles. The van der Waals surface area contributed by atoms with Crippen molar-refractivity contribution < 1.29 is 22.9 Å². The normalized spacial score (nSPS) is 13.1. The third-order valence-electron chi connectivity index (χ3n) is 2.08. The molecule has 104 valence electrons. The molecule has 9 heteroatoms. The van der Waals surface area contributed by atoms with E-state index >= 15 is 0 Å². The summed E-state index contributed by atoms with van der Waals surface area (Å²) in [6.45, 7) is 1.05. The SMILES string of the molecule is CC(=O)C(Cl)c1c(SC(F)(F)F)cccc1[N+](=O)[O-]. The maximum Gasteiger partial charge on any atom is 0.446 e.